The van der Waals surface area contributed by atoms with Crippen molar-refractivity contribution in [3.05, 3.63) is 62.6 Å². The van der Waals surface area contributed by atoms with Crippen molar-refractivity contribution >= 4 is 33.3 Å². The zero-order valence-corrected chi connectivity index (χ0v) is 12.6. The van der Waals surface area contributed by atoms with E-state index in [-0.39, 0.29) is 16.3 Å². The summed E-state index contributed by atoms with van der Waals surface area (Å²) in [7, 11) is 1.28. The topological polar surface area (TPSA) is 26.3 Å². The summed E-state index contributed by atoms with van der Waals surface area (Å²) >= 11 is 8.99. The average molecular weight is 362 g/mol. The Bertz CT molecular complexity index is 646. The fourth-order valence-electron chi connectivity index (χ4n) is 1.71. The van der Waals surface area contributed by atoms with Crippen molar-refractivity contribution in [3.8, 4) is 5.75 Å². The number of carbonyl (C=O) groups is 1. The van der Waals surface area contributed by atoms with E-state index >= 15 is 0 Å². The standard InChI is InChI=1S/C14H8BrClF2O2/c1-20-10-5-11(17)13(12(18)6-10)14(19)7-2-8(15)4-9(16)3-7/h2-6H,1H3. The molecule has 2 aromatic carbocycles. The van der Waals surface area contributed by atoms with Crippen LogP contribution in [-0.4, -0.2) is 12.9 Å². The maximum absolute atomic E-state index is 13.8. The zero-order chi connectivity index (χ0) is 14.9. The number of benzene rings is 2. The molecule has 6 heteroatoms. The molecule has 20 heavy (non-hydrogen) atoms. The molecule has 2 rings (SSSR count). The Morgan fingerprint density at radius 3 is 2.25 bits per heavy atom. The molecule has 0 unspecified atom stereocenters. The van der Waals surface area contributed by atoms with Gasteiger partial charge in [0.05, 0.1) is 12.7 Å². The summed E-state index contributed by atoms with van der Waals surface area (Å²) in [6.07, 6.45) is 0. The van der Waals surface area contributed by atoms with Crippen molar-refractivity contribution in [2.75, 3.05) is 7.11 Å². The smallest absolute Gasteiger partial charge is 0.199 e. The molecule has 0 aromatic heterocycles. The van der Waals surface area contributed by atoms with Crippen LogP contribution < -0.4 is 4.74 Å². The van der Waals surface area contributed by atoms with E-state index in [4.69, 9.17) is 16.3 Å². The van der Waals surface area contributed by atoms with Crippen LogP contribution in [0.3, 0.4) is 0 Å². The lowest BCUT2D eigenvalue weighted by Gasteiger charge is -2.08. The summed E-state index contributed by atoms with van der Waals surface area (Å²) in [5.41, 5.74) is -0.549. The van der Waals surface area contributed by atoms with Crippen molar-refractivity contribution in [2.45, 2.75) is 0 Å². The predicted octanol–water partition coefficient (Wildman–Crippen LogP) is 4.62. The van der Waals surface area contributed by atoms with Crippen LogP contribution in [-0.2, 0) is 0 Å². The molecule has 0 heterocycles. The van der Waals surface area contributed by atoms with E-state index in [0.29, 0.717) is 4.47 Å². The van der Waals surface area contributed by atoms with Crippen molar-refractivity contribution in [2.24, 2.45) is 0 Å². The lowest BCUT2D eigenvalue weighted by atomic mass is 10.0. The molecule has 2 aromatic rings. The third-order valence-corrected chi connectivity index (χ3v) is 3.28. The third-order valence-electron chi connectivity index (χ3n) is 2.60. The average Bonchev–Trinajstić information content (AvgIpc) is 2.36. The number of methoxy groups -OCH3 is 1. The van der Waals surface area contributed by atoms with Crippen LogP contribution >= 0.6 is 27.5 Å². The van der Waals surface area contributed by atoms with Crippen LogP contribution in [0.5, 0.6) is 5.75 Å². The molecule has 0 fully saturated rings. The molecule has 0 spiro atoms. The van der Waals surface area contributed by atoms with Gasteiger partial charge in [0, 0.05) is 27.2 Å². The van der Waals surface area contributed by atoms with Crippen molar-refractivity contribution in [3.63, 3.8) is 0 Å². The van der Waals surface area contributed by atoms with Crippen LogP contribution in [0.4, 0.5) is 8.78 Å². The SMILES string of the molecule is COc1cc(F)c(C(=O)c2cc(Cl)cc(Br)c2)c(F)c1. The highest BCUT2D eigenvalue weighted by Gasteiger charge is 2.21. The van der Waals surface area contributed by atoms with Gasteiger partial charge in [-0.05, 0) is 18.2 Å². The second kappa shape index (κ2) is 5.89. The quantitative estimate of drug-likeness (QED) is 0.746. The maximum atomic E-state index is 13.8. The number of ether oxygens (including phenoxy) is 1. The van der Waals surface area contributed by atoms with Crippen LogP contribution in [0.1, 0.15) is 15.9 Å². The molecule has 0 bridgehead atoms. The largest absolute Gasteiger partial charge is 0.497 e. The van der Waals surface area contributed by atoms with E-state index in [9.17, 15) is 13.6 Å². The van der Waals surface area contributed by atoms with Crippen LogP contribution in [0.2, 0.25) is 5.02 Å². The summed E-state index contributed by atoms with van der Waals surface area (Å²) in [4.78, 5) is 12.2. The molecule has 0 aliphatic heterocycles. The number of halogens is 4. The summed E-state index contributed by atoms with van der Waals surface area (Å²) in [6, 6.07) is 6.26. The molecule has 104 valence electrons. The predicted molar refractivity (Wildman–Crippen MR) is 75.5 cm³/mol. The minimum Gasteiger partial charge on any atom is -0.497 e. The van der Waals surface area contributed by atoms with Gasteiger partial charge < -0.3 is 4.74 Å². The van der Waals surface area contributed by atoms with Crippen molar-refractivity contribution < 1.29 is 18.3 Å². The van der Waals surface area contributed by atoms with Crippen molar-refractivity contribution in [1.29, 1.82) is 0 Å². The Balaban J connectivity index is 2.53. The normalized spacial score (nSPS) is 10.4. The lowest BCUT2D eigenvalue weighted by Crippen LogP contribution is -2.08. The van der Waals surface area contributed by atoms with E-state index in [2.05, 4.69) is 15.9 Å². The fourth-order valence-corrected chi connectivity index (χ4v) is 2.57. The first-order valence-corrected chi connectivity index (χ1v) is 6.63. The Labute approximate surface area is 127 Å². The molecule has 0 aliphatic rings. The van der Waals surface area contributed by atoms with E-state index in [0.717, 1.165) is 12.1 Å². The Morgan fingerprint density at radius 2 is 1.75 bits per heavy atom. The van der Waals surface area contributed by atoms with Crippen LogP contribution in [0.25, 0.3) is 0 Å². The van der Waals surface area contributed by atoms with E-state index < -0.39 is 23.0 Å². The van der Waals surface area contributed by atoms with E-state index in [1.54, 1.807) is 6.07 Å². The summed E-state index contributed by atoms with van der Waals surface area (Å²) in [5.74, 6) is -2.75. The summed E-state index contributed by atoms with van der Waals surface area (Å²) in [6.45, 7) is 0. The third kappa shape index (κ3) is 2.99. The first kappa shape index (κ1) is 14.9. The van der Waals surface area contributed by atoms with E-state index in [1.807, 2.05) is 0 Å². The highest BCUT2D eigenvalue weighted by molar-refractivity contribution is 9.10. The number of rotatable bonds is 3. The van der Waals surface area contributed by atoms with Gasteiger partial charge in [0.15, 0.2) is 5.78 Å². The van der Waals surface area contributed by atoms with Gasteiger partial charge in [-0.25, -0.2) is 8.78 Å². The molecule has 0 N–H and O–H groups in total. The summed E-state index contributed by atoms with van der Waals surface area (Å²) in [5, 5.41) is 0.289. The van der Waals surface area contributed by atoms with Gasteiger partial charge in [-0.1, -0.05) is 27.5 Å². The van der Waals surface area contributed by atoms with Gasteiger partial charge in [-0.15, -0.1) is 0 Å². The second-order valence-electron chi connectivity index (χ2n) is 3.95. The van der Waals surface area contributed by atoms with Gasteiger partial charge in [0.2, 0.25) is 0 Å². The highest BCUT2D eigenvalue weighted by atomic mass is 79.9. The molecular formula is C14H8BrClF2O2. The number of hydrogen-bond acceptors (Lipinski definition) is 2. The van der Waals surface area contributed by atoms with Gasteiger partial charge in [-0.2, -0.15) is 0 Å². The van der Waals surface area contributed by atoms with Gasteiger partial charge >= 0.3 is 0 Å². The monoisotopic (exact) mass is 360 g/mol. The molecule has 0 amide bonds. The van der Waals surface area contributed by atoms with Gasteiger partial charge in [0.1, 0.15) is 17.4 Å². The Hall–Kier alpha value is -1.46. The summed E-state index contributed by atoms with van der Waals surface area (Å²) < 4.78 is 33.0. The first-order valence-electron chi connectivity index (χ1n) is 5.46. The molecule has 0 atom stereocenters. The van der Waals surface area contributed by atoms with E-state index in [1.165, 1.54) is 19.2 Å². The van der Waals surface area contributed by atoms with Crippen LogP contribution in [0.15, 0.2) is 34.8 Å². The molecular weight excluding hydrogens is 354 g/mol. The minimum atomic E-state index is -0.983. The van der Waals surface area contributed by atoms with Crippen LogP contribution in [0, 0.1) is 11.6 Å². The Kier molecular flexibility index (Phi) is 4.40. The zero-order valence-electron chi connectivity index (χ0n) is 10.2. The molecule has 0 saturated heterocycles. The highest BCUT2D eigenvalue weighted by Crippen LogP contribution is 2.26. The number of carbonyl (C=O) groups excluding carboxylic acids is 1. The Morgan fingerprint density at radius 1 is 1.15 bits per heavy atom. The second-order valence-corrected chi connectivity index (χ2v) is 5.31. The van der Waals surface area contributed by atoms with Crippen molar-refractivity contribution in [1.82, 2.24) is 0 Å². The lowest BCUT2D eigenvalue weighted by molar-refractivity contribution is 0.103. The number of ketones is 1. The maximum Gasteiger partial charge on any atom is 0.199 e. The fraction of sp³-hybridized carbons (Fsp3) is 0.0714. The molecule has 2 nitrogen and oxygen atoms in total. The first-order chi connectivity index (χ1) is 9.42. The molecule has 0 aliphatic carbocycles. The molecule has 0 radical (unpaired) electrons. The van der Waals surface area contributed by atoms with Gasteiger partial charge in [0.25, 0.3) is 0 Å². The minimum absolute atomic E-state index is 0.00354. The molecule has 0 saturated carbocycles. The van der Waals surface area contributed by atoms with Gasteiger partial charge in [-0.3, -0.25) is 4.79 Å². The number of hydrogen-bond donors (Lipinski definition) is 0.